The van der Waals surface area contributed by atoms with Crippen molar-refractivity contribution in [1.29, 1.82) is 0 Å². The second-order valence-electron chi connectivity index (χ2n) is 4.26. The van der Waals surface area contributed by atoms with E-state index in [0.29, 0.717) is 12.3 Å². The van der Waals surface area contributed by atoms with Gasteiger partial charge in [0.15, 0.2) is 0 Å². The van der Waals surface area contributed by atoms with Crippen LogP contribution in [0.3, 0.4) is 0 Å². The lowest BCUT2D eigenvalue weighted by molar-refractivity contribution is -0.139. The van der Waals surface area contributed by atoms with Gasteiger partial charge >= 0.3 is 12.1 Å². The number of rotatable bonds is 4. The molecule has 1 atom stereocenters. The van der Waals surface area contributed by atoms with Gasteiger partial charge in [0.2, 0.25) is 0 Å². The average molecular weight is 297 g/mol. The molecule has 1 rings (SSSR count). The molecule has 1 aromatic rings. The Labute approximate surface area is 112 Å². The van der Waals surface area contributed by atoms with Crippen molar-refractivity contribution in [3.63, 3.8) is 0 Å². The zero-order valence-corrected chi connectivity index (χ0v) is 10.9. The van der Waals surface area contributed by atoms with Crippen molar-refractivity contribution in [3.8, 4) is 0 Å². The Balaban J connectivity index is 3.00. The molecule has 4 nitrogen and oxygen atoms in total. The number of nitrogens with zero attached hydrogens (tertiary/aromatic N) is 1. The molecule has 1 aromatic heterocycles. The van der Waals surface area contributed by atoms with Gasteiger partial charge in [-0.2, -0.15) is 13.2 Å². The third-order valence-corrected chi connectivity index (χ3v) is 2.68. The van der Waals surface area contributed by atoms with Gasteiger partial charge in [-0.1, -0.05) is 25.4 Å². The van der Waals surface area contributed by atoms with E-state index in [-0.39, 0.29) is 16.8 Å². The van der Waals surface area contributed by atoms with E-state index in [2.05, 4.69) is 10.3 Å². The van der Waals surface area contributed by atoms with Gasteiger partial charge in [0.1, 0.15) is 11.9 Å². The minimum Gasteiger partial charge on any atom is -0.480 e. The molecule has 19 heavy (non-hydrogen) atoms. The highest BCUT2D eigenvalue weighted by Crippen LogP contribution is 2.32. The molecule has 0 aliphatic carbocycles. The maximum Gasteiger partial charge on any atom is 0.417 e. The van der Waals surface area contributed by atoms with Crippen LogP contribution in [0, 0.1) is 5.92 Å². The van der Waals surface area contributed by atoms with Gasteiger partial charge in [-0.05, 0) is 12.0 Å². The Morgan fingerprint density at radius 2 is 2.05 bits per heavy atom. The van der Waals surface area contributed by atoms with Crippen molar-refractivity contribution in [2.45, 2.75) is 26.1 Å². The molecule has 0 aromatic carbocycles. The quantitative estimate of drug-likeness (QED) is 0.895. The molecular formula is C11H12ClF3N2O2. The van der Waals surface area contributed by atoms with E-state index in [1.165, 1.54) is 0 Å². The fraction of sp³-hybridized carbons (Fsp3) is 0.455. The zero-order valence-electron chi connectivity index (χ0n) is 10.1. The normalized spacial score (nSPS) is 13.4. The molecule has 0 aliphatic heterocycles. The van der Waals surface area contributed by atoms with E-state index >= 15 is 0 Å². The standard InChI is InChI=1S/C11H12ClF3N2O2/c1-5(2)8(10(18)19)17-9-7(12)3-6(4-16-9)11(13,14)15/h3-5,8H,1-2H3,(H,16,17)(H,18,19)/t8-/m1/s1. The number of aromatic nitrogens is 1. The Morgan fingerprint density at radius 3 is 2.42 bits per heavy atom. The molecule has 0 spiro atoms. The molecule has 0 unspecified atom stereocenters. The lowest BCUT2D eigenvalue weighted by Crippen LogP contribution is -2.34. The minimum atomic E-state index is -4.54. The van der Waals surface area contributed by atoms with E-state index < -0.39 is 23.8 Å². The Morgan fingerprint density at radius 1 is 1.47 bits per heavy atom. The second-order valence-corrected chi connectivity index (χ2v) is 4.66. The van der Waals surface area contributed by atoms with Crippen LogP contribution in [-0.4, -0.2) is 22.1 Å². The molecule has 0 saturated carbocycles. The molecule has 0 fully saturated rings. The number of aliphatic carboxylic acids is 1. The van der Waals surface area contributed by atoms with Crippen LogP contribution in [0.2, 0.25) is 5.02 Å². The number of carboxylic acids is 1. The minimum absolute atomic E-state index is 0.0873. The molecule has 2 N–H and O–H groups in total. The summed E-state index contributed by atoms with van der Waals surface area (Å²) >= 11 is 5.67. The molecule has 0 bridgehead atoms. The number of carbonyl (C=O) groups is 1. The second kappa shape index (κ2) is 5.64. The van der Waals surface area contributed by atoms with Crippen LogP contribution in [0.1, 0.15) is 19.4 Å². The third kappa shape index (κ3) is 3.99. The van der Waals surface area contributed by atoms with E-state index in [1.807, 2.05) is 0 Å². The predicted octanol–water partition coefficient (Wildman–Crippen LogP) is 3.27. The number of hydrogen-bond acceptors (Lipinski definition) is 3. The van der Waals surface area contributed by atoms with Crippen LogP contribution >= 0.6 is 11.6 Å². The van der Waals surface area contributed by atoms with Gasteiger partial charge < -0.3 is 10.4 Å². The van der Waals surface area contributed by atoms with Gasteiger partial charge in [-0.15, -0.1) is 0 Å². The van der Waals surface area contributed by atoms with Crippen molar-refractivity contribution in [1.82, 2.24) is 4.98 Å². The maximum absolute atomic E-state index is 12.4. The molecule has 0 radical (unpaired) electrons. The molecular weight excluding hydrogens is 285 g/mol. The molecule has 0 aliphatic rings. The molecule has 1 heterocycles. The third-order valence-electron chi connectivity index (χ3n) is 2.39. The van der Waals surface area contributed by atoms with Crippen LogP contribution in [-0.2, 0) is 11.0 Å². The Hall–Kier alpha value is -1.50. The first kappa shape index (κ1) is 15.6. The number of alkyl halides is 3. The SMILES string of the molecule is CC(C)[C@@H](Nc1ncc(C(F)(F)F)cc1Cl)C(=O)O. The summed E-state index contributed by atoms with van der Waals surface area (Å²) in [6.07, 6.45) is -3.94. The van der Waals surface area contributed by atoms with E-state index in [1.54, 1.807) is 13.8 Å². The van der Waals surface area contributed by atoms with Crippen LogP contribution < -0.4 is 5.32 Å². The summed E-state index contributed by atoms with van der Waals surface area (Å²) in [4.78, 5) is 14.5. The topological polar surface area (TPSA) is 62.2 Å². The molecule has 8 heteroatoms. The summed E-state index contributed by atoms with van der Waals surface area (Å²) in [6, 6.07) is -0.280. The van der Waals surface area contributed by atoms with Gasteiger partial charge in [0.25, 0.3) is 0 Å². The van der Waals surface area contributed by atoms with Crippen LogP contribution in [0.15, 0.2) is 12.3 Å². The van der Waals surface area contributed by atoms with E-state index in [4.69, 9.17) is 16.7 Å². The maximum atomic E-state index is 12.4. The fourth-order valence-electron chi connectivity index (χ4n) is 1.36. The van der Waals surface area contributed by atoms with E-state index in [0.717, 1.165) is 0 Å². The largest absolute Gasteiger partial charge is 0.480 e. The van der Waals surface area contributed by atoms with E-state index in [9.17, 15) is 18.0 Å². The van der Waals surface area contributed by atoms with Crippen molar-refractivity contribution in [2.75, 3.05) is 5.32 Å². The van der Waals surface area contributed by atoms with Crippen LogP contribution in [0.25, 0.3) is 0 Å². The predicted molar refractivity (Wildman–Crippen MR) is 64.1 cm³/mol. The lowest BCUT2D eigenvalue weighted by atomic mass is 10.0. The van der Waals surface area contributed by atoms with Crippen molar-refractivity contribution < 1.29 is 23.1 Å². The number of nitrogens with one attached hydrogen (secondary N) is 1. The summed E-state index contributed by atoms with van der Waals surface area (Å²) in [5.74, 6) is -1.50. The van der Waals surface area contributed by atoms with Crippen LogP contribution in [0.4, 0.5) is 19.0 Å². The Kier molecular flexibility index (Phi) is 4.62. The zero-order chi connectivity index (χ0) is 14.8. The first-order chi connectivity index (χ1) is 8.62. The van der Waals surface area contributed by atoms with Crippen molar-refractivity contribution >= 4 is 23.4 Å². The highest BCUT2D eigenvalue weighted by atomic mass is 35.5. The number of carboxylic acid groups (broad SMARTS) is 1. The lowest BCUT2D eigenvalue weighted by Gasteiger charge is -2.19. The molecule has 106 valence electrons. The van der Waals surface area contributed by atoms with Crippen molar-refractivity contribution in [3.05, 3.63) is 22.8 Å². The van der Waals surface area contributed by atoms with Gasteiger partial charge in [-0.3, -0.25) is 0 Å². The number of halogens is 4. The van der Waals surface area contributed by atoms with Gasteiger partial charge in [0.05, 0.1) is 10.6 Å². The summed E-state index contributed by atoms with van der Waals surface area (Å²) in [7, 11) is 0. The summed E-state index contributed by atoms with van der Waals surface area (Å²) in [5, 5.41) is 11.2. The number of anilines is 1. The Bertz CT molecular complexity index is 477. The first-order valence-corrected chi connectivity index (χ1v) is 5.72. The number of pyridine rings is 1. The van der Waals surface area contributed by atoms with Crippen LogP contribution in [0.5, 0.6) is 0 Å². The average Bonchev–Trinajstić information content (AvgIpc) is 2.24. The number of hydrogen-bond donors (Lipinski definition) is 2. The fourth-order valence-corrected chi connectivity index (χ4v) is 1.58. The van der Waals surface area contributed by atoms with Gasteiger partial charge in [0, 0.05) is 6.20 Å². The smallest absolute Gasteiger partial charge is 0.417 e. The summed E-state index contributed by atoms with van der Waals surface area (Å²) < 4.78 is 37.2. The monoisotopic (exact) mass is 296 g/mol. The first-order valence-electron chi connectivity index (χ1n) is 5.35. The van der Waals surface area contributed by atoms with Gasteiger partial charge in [-0.25, -0.2) is 9.78 Å². The van der Waals surface area contributed by atoms with Crippen molar-refractivity contribution in [2.24, 2.45) is 5.92 Å². The molecule has 0 saturated heterocycles. The highest BCUT2D eigenvalue weighted by molar-refractivity contribution is 6.33. The highest BCUT2D eigenvalue weighted by Gasteiger charge is 2.32. The molecule has 0 amide bonds. The summed E-state index contributed by atoms with van der Waals surface area (Å²) in [5.41, 5.74) is -0.987. The summed E-state index contributed by atoms with van der Waals surface area (Å²) in [6.45, 7) is 3.31.